The zero-order valence-electron chi connectivity index (χ0n) is 33.8. The van der Waals surface area contributed by atoms with Crippen molar-refractivity contribution in [3.63, 3.8) is 0 Å². The smallest absolute Gasteiger partial charge is 0.293 e. The molecule has 0 aromatic heterocycles. The topological polar surface area (TPSA) is 57.2 Å². The molecule has 0 aliphatic heterocycles. The molecule has 0 unspecified atom stereocenters. The first-order valence-electron chi connectivity index (χ1n) is 18.6. The van der Waals surface area contributed by atoms with Crippen LogP contribution in [-0.4, -0.2) is 34.0 Å². The molecule has 5 heteroatoms. The molecule has 4 rings (SSSR count). The van der Waals surface area contributed by atoms with E-state index in [1.54, 1.807) is 14.2 Å². The van der Waals surface area contributed by atoms with Gasteiger partial charge in [-0.3, -0.25) is 0 Å². The molecule has 0 aliphatic rings. The first kappa shape index (κ1) is 42.0. The number of benzene rings is 4. The van der Waals surface area contributed by atoms with E-state index in [1.165, 1.54) is 29.5 Å². The fourth-order valence-corrected chi connectivity index (χ4v) is 4.82. The predicted octanol–water partition coefficient (Wildman–Crippen LogP) is 11.9. The normalized spacial score (nSPS) is 10.6. The fourth-order valence-electron chi connectivity index (χ4n) is 4.82. The first-order valence-corrected chi connectivity index (χ1v) is 18.2. The van der Waals surface area contributed by atoms with E-state index in [2.05, 4.69) is 103 Å². The lowest BCUT2D eigenvalue weighted by molar-refractivity contribution is 0.243. The third kappa shape index (κ3) is 19.8. The van der Waals surface area contributed by atoms with Gasteiger partial charge in [0, 0.05) is 0 Å². The molecule has 0 bridgehead atoms. The van der Waals surface area contributed by atoms with Crippen LogP contribution < -0.4 is 18.9 Å². The van der Waals surface area contributed by atoms with Crippen molar-refractivity contribution in [2.75, 3.05) is 27.4 Å². The Morgan fingerprint density at radius 1 is 0.560 bits per heavy atom. The maximum atomic E-state index is 6.66. The Balaban J connectivity index is 0.000000342. The van der Waals surface area contributed by atoms with Gasteiger partial charge in [0.15, 0.2) is 11.5 Å². The Hall–Kier alpha value is -4.12. The molecular formula is C45H66O5. The van der Waals surface area contributed by atoms with Crippen LogP contribution in [0.2, 0.25) is 0 Å². The molecule has 0 amide bonds. The second-order valence-electron chi connectivity index (χ2n) is 14.0. The molecule has 0 atom stereocenters. The van der Waals surface area contributed by atoms with Crippen LogP contribution in [0.4, 0.5) is 0 Å². The highest BCUT2D eigenvalue weighted by molar-refractivity contribution is 5.51. The molecule has 0 aliphatic carbocycles. The molecule has 0 radical (unpaired) electrons. The van der Waals surface area contributed by atoms with E-state index in [0.29, 0.717) is 47.4 Å². The number of hydrogen-bond acceptors (Lipinski definition) is 5. The van der Waals surface area contributed by atoms with E-state index < -0.39 is 0 Å². The number of ether oxygens (including phenoxy) is 4. The Morgan fingerprint density at radius 3 is 1.62 bits per heavy atom. The number of aryl methyl sites for hydroxylation is 1. The summed E-state index contributed by atoms with van der Waals surface area (Å²) in [6.07, 6.45) is 4.69. The summed E-state index contributed by atoms with van der Waals surface area (Å²) >= 11 is 0. The van der Waals surface area contributed by atoms with Crippen LogP contribution in [0.5, 0.6) is 28.7 Å². The Labute approximate surface area is 306 Å². The molecular weight excluding hydrogens is 620 g/mol. The summed E-state index contributed by atoms with van der Waals surface area (Å²) in [4.78, 5) is 0. The highest BCUT2D eigenvalue weighted by Gasteiger charge is 2.11. The summed E-state index contributed by atoms with van der Waals surface area (Å²) in [5.74, 6) is 6.37. The van der Waals surface area contributed by atoms with E-state index in [9.17, 15) is 0 Å². The molecule has 0 spiro atoms. The number of para-hydroxylation sites is 2. The average Bonchev–Trinajstić information content (AvgIpc) is 3.11. The van der Waals surface area contributed by atoms with Gasteiger partial charge in [-0.25, -0.2) is 0 Å². The third-order valence-corrected chi connectivity index (χ3v) is 7.26. The largest absolute Gasteiger partial charge is 0.508 e. The van der Waals surface area contributed by atoms with E-state index in [0.717, 1.165) is 31.1 Å². The van der Waals surface area contributed by atoms with E-state index in [1.807, 2.05) is 61.5 Å². The third-order valence-electron chi connectivity index (χ3n) is 7.26. The highest BCUT2D eigenvalue weighted by Crippen LogP contribution is 2.36. The Kier molecular flexibility index (Phi) is 21.7. The van der Waals surface area contributed by atoms with Gasteiger partial charge in [0.05, 0.1) is 27.4 Å². The maximum absolute atomic E-state index is 6.66. The van der Waals surface area contributed by atoms with Gasteiger partial charge in [0.25, 0.3) is 1.43 Å². The molecule has 0 heterocycles. The van der Waals surface area contributed by atoms with Crippen LogP contribution in [-0.2, 0) is 19.3 Å². The van der Waals surface area contributed by atoms with Crippen molar-refractivity contribution in [1.82, 2.24) is 0 Å². The molecule has 276 valence electrons. The van der Waals surface area contributed by atoms with Crippen molar-refractivity contribution < 1.29 is 24.1 Å². The summed E-state index contributed by atoms with van der Waals surface area (Å²) in [5, 5.41) is 4.32. The lowest BCUT2D eigenvalue weighted by Gasteiger charge is -2.15. The number of phenols is 1. The fraction of sp³-hybridized carbons (Fsp3) is 0.467. The zero-order valence-corrected chi connectivity index (χ0v) is 32.8. The Morgan fingerprint density at radius 2 is 1.12 bits per heavy atom. The van der Waals surface area contributed by atoms with E-state index >= 15 is 0 Å². The summed E-state index contributed by atoms with van der Waals surface area (Å²) in [6, 6.07) is 32.2. The quantitative estimate of drug-likeness (QED) is 0.135. The molecule has 0 saturated heterocycles. The van der Waals surface area contributed by atoms with Crippen LogP contribution in [0.3, 0.4) is 0 Å². The standard InChI is InChI=1S/C12H18O3.C12H18O.C11H16.C10H14O/c1-9(2)8-15-12-10(13-3)6-5-7-11(12)14-4;1-4-13-12-8-6-5-7-11(12)9-10(2)3;1-10(2)8-9-11-6-4-3-5-7-11;1-8(2)7-9-3-5-10(11)6-4-9/h5-7,9H,8H2,1-4H3;5-8,10H,4,9H2,1-3H3;3-7,10H,8-9H2,1-2H3;3-6,8,11H,7H2,1-2H3/i/hD. The van der Waals surface area contributed by atoms with Gasteiger partial charge in [-0.1, -0.05) is 122 Å². The van der Waals surface area contributed by atoms with Gasteiger partial charge in [-0.05, 0) is 103 Å². The summed E-state index contributed by atoms with van der Waals surface area (Å²) in [6.45, 7) is 21.0. The highest BCUT2D eigenvalue weighted by atomic mass is 16.5. The van der Waals surface area contributed by atoms with Gasteiger partial charge in [-0.2, -0.15) is 0 Å². The van der Waals surface area contributed by atoms with Crippen molar-refractivity contribution in [2.24, 2.45) is 23.7 Å². The van der Waals surface area contributed by atoms with Crippen LogP contribution in [0.25, 0.3) is 0 Å². The van der Waals surface area contributed by atoms with Crippen LogP contribution in [0.1, 0.15) is 85.4 Å². The average molecular weight is 688 g/mol. The van der Waals surface area contributed by atoms with Crippen molar-refractivity contribution >= 4 is 0 Å². The van der Waals surface area contributed by atoms with E-state index in [4.69, 9.17) is 20.4 Å². The van der Waals surface area contributed by atoms with Crippen molar-refractivity contribution in [2.45, 2.75) is 88.0 Å². The molecule has 5 nitrogen and oxygen atoms in total. The summed E-state index contributed by atoms with van der Waals surface area (Å²) < 4.78 is 28.3. The molecule has 0 saturated carbocycles. The molecule has 0 fully saturated rings. The summed E-state index contributed by atoms with van der Waals surface area (Å²) in [7, 11) is 3.24. The van der Waals surface area contributed by atoms with Crippen molar-refractivity contribution in [3.05, 3.63) is 114 Å². The number of rotatable bonds is 15. The number of phenolic OH excluding ortho intramolecular Hbond substituents is 1. The van der Waals surface area contributed by atoms with Gasteiger partial charge >= 0.3 is 0 Å². The number of hydrogen-bond donors (Lipinski definition) is 1. The maximum Gasteiger partial charge on any atom is 0.293 e. The second-order valence-corrected chi connectivity index (χ2v) is 14.0. The minimum Gasteiger partial charge on any atom is -0.508 e. The summed E-state index contributed by atoms with van der Waals surface area (Å²) in [5.41, 5.74) is 4.08. The zero-order chi connectivity index (χ0) is 38.0. The van der Waals surface area contributed by atoms with Gasteiger partial charge < -0.3 is 24.1 Å². The lowest BCUT2D eigenvalue weighted by atomic mass is 10.0. The monoisotopic (exact) mass is 687 g/mol. The first-order chi connectivity index (χ1) is 24.4. The van der Waals surface area contributed by atoms with Crippen LogP contribution in [0.15, 0.2) is 97.1 Å². The van der Waals surface area contributed by atoms with Crippen molar-refractivity contribution in [1.29, 1.82) is 1.43 Å². The minimum atomic E-state index is 0.472. The number of methoxy groups -OCH3 is 2. The van der Waals surface area contributed by atoms with Crippen LogP contribution >= 0.6 is 0 Å². The SMILES string of the molecule is CC(C)CCc1ccccc1.CCOc1ccccc1CC(C)C.COc1cccc(OC)c1OCC(C)C.[2H]Oc1ccc(CC(C)C)cc1. The van der Waals surface area contributed by atoms with Crippen molar-refractivity contribution in [3.8, 4) is 28.7 Å². The second kappa shape index (κ2) is 25.8. The molecule has 50 heavy (non-hydrogen) atoms. The van der Waals surface area contributed by atoms with Gasteiger partial charge in [0.2, 0.25) is 5.75 Å². The molecule has 4 aromatic carbocycles. The van der Waals surface area contributed by atoms with E-state index in [-0.39, 0.29) is 0 Å². The number of aromatic hydroxyl groups is 1. The lowest BCUT2D eigenvalue weighted by Crippen LogP contribution is -2.06. The predicted molar refractivity (Wildman–Crippen MR) is 212 cm³/mol. The molecule has 1 N–H and O–H groups in total. The van der Waals surface area contributed by atoms with Gasteiger partial charge in [0.1, 0.15) is 11.5 Å². The van der Waals surface area contributed by atoms with Gasteiger partial charge in [-0.15, -0.1) is 0 Å². The molecule has 4 aromatic rings. The Bertz CT molecular complexity index is 1400. The van der Waals surface area contributed by atoms with Crippen LogP contribution in [0, 0.1) is 23.7 Å². The minimum absolute atomic E-state index is 0.472.